The summed E-state index contributed by atoms with van der Waals surface area (Å²) in [4.78, 5) is 11.9. The maximum atomic E-state index is 11.9. The van der Waals surface area contributed by atoms with Gasteiger partial charge in [-0.05, 0) is 42.4 Å². The van der Waals surface area contributed by atoms with Crippen LogP contribution in [0.2, 0.25) is 0 Å². The first-order valence-electron chi connectivity index (χ1n) is 8.05. The van der Waals surface area contributed by atoms with Crippen molar-refractivity contribution in [2.45, 2.75) is 72.3 Å². The standard InChI is InChI=1S/C19H28O2/c1-7-13-9-10-15(14(11-13)18(3,4)5)21-17-12-16(20)19(17,6)8-2/h9-11,17H,7-8,12H2,1-6H3. The van der Waals surface area contributed by atoms with Gasteiger partial charge in [-0.15, -0.1) is 0 Å². The summed E-state index contributed by atoms with van der Waals surface area (Å²) in [5, 5.41) is 0. The molecule has 2 nitrogen and oxygen atoms in total. The molecule has 116 valence electrons. The number of hydrogen-bond donors (Lipinski definition) is 0. The van der Waals surface area contributed by atoms with Gasteiger partial charge in [0.2, 0.25) is 0 Å². The van der Waals surface area contributed by atoms with Crippen molar-refractivity contribution in [3.8, 4) is 5.75 Å². The Balaban J connectivity index is 2.31. The van der Waals surface area contributed by atoms with Crippen molar-refractivity contribution in [1.29, 1.82) is 0 Å². The first-order valence-corrected chi connectivity index (χ1v) is 8.05. The molecule has 0 aromatic heterocycles. The molecule has 1 aromatic rings. The number of hydrogen-bond acceptors (Lipinski definition) is 2. The number of ketones is 1. The van der Waals surface area contributed by atoms with Crippen LogP contribution >= 0.6 is 0 Å². The van der Waals surface area contributed by atoms with Crippen molar-refractivity contribution in [1.82, 2.24) is 0 Å². The molecule has 0 radical (unpaired) electrons. The quantitative estimate of drug-likeness (QED) is 0.804. The van der Waals surface area contributed by atoms with Crippen molar-refractivity contribution in [3.63, 3.8) is 0 Å². The van der Waals surface area contributed by atoms with Gasteiger partial charge in [0.1, 0.15) is 17.6 Å². The Hall–Kier alpha value is -1.31. The molecule has 1 aliphatic carbocycles. The highest BCUT2D eigenvalue weighted by Gasteiger charge is 2.51. The van der Waals surface area contributed by atoms with Crippen LogP contribution in [0, 0.1) is 5.41 Å². The van der Waals surface area contributed by atoms with Crippen LogP contribution < -0.4 is 4.74 Å². The van der Waals surface area contributed by atoms with Crippen LogP contribution in [-0.4, -0.2) is 11.9 Å². The second-order valence-electron chi connectivity index (χ2n) is 7.44. The molecule has 0 aliphatic heterocycles. The van der Waals surface area contributed by atoms with Gasteiger partial charge in [-0.1, -0.05) is 46.8 Å². The zero-order valence-electron chi connectivity index (χ0n) is 14.2. The third kappa shape index (κ3) is 2.86. The van der Waals surface area contributed by atoms with Gasteiger partial charge >= 0.3 is 0 Å². The zero-order chi connectivity index (χ0) is 15.8. The molecular weight excluding hydrogens is 260 g/mol. The molecule has 0 heterocycles. The van der Waals surface area contributed by atoms with Crippen LogP contribution in [0.25, 0.3) is 0 Å². The van der Waals surface area contributed by atoms with E-state index in [2.05, 4.69) is 52.8 Å². The fourth-order valence-corrected chi connectivity index (χ4v) is 2.91. The number of carbonyl (C=O) groups excluding carboxylic acids is 1. The van der Waals surface area contributed by atoms with Crippen LogP contribution in [0.1, 0.15) is 65.5 Å². The van der Waals surface area contributed by atoms with E-state index in [0.29, 0.717) is 12.2 Å². The zero-order valence-corrected chi connectivity index (χ0v) is 14.2. The summed E-state index contributed by atoms with van der Waals surface area (Å²) < 4.78 is 6.26. The van der Waals surface area contributed by atoms with Gasteiger partial charge in [0.25, 0.3) is 0 Å². The lowest BCUT2D eigenvalue weighted by Gasteiger charge is -2.44. The van der Waals surface area contributed by atoms with Crippen LogP contribution in [0.15, 0.2) is 18.2 Å². The summed E-state index contributed by atoms with van der Waals surface area (Å²) in [5.41, 5.74) is 2.30. The highest BCUT2D eigenvalue weighted by atomic mass is 16.5. The molecule has 1 fully saturated rings. The summed E-state index contributed by atoms with van der Waals surface area (Å²) >= 11 is 0. The van der Waals surface area contributed by atoms with E-state index >= 15 is 0 Å². The summed E-state index contributed by atoms with van der Waals surface area (Å²) in [7, 11) is 0. The number of rotatable bonds is 4. The monoisotopic (exact) mass is 288 g/mol. The average molecular weight is 288 g/mol. The molecule has 0 spiro atoms. The van der Waals surface area contributed by atoms with E-state index in [-0.39, 0.29) is 16.9 Å². The topological polar surface area (TPSA) is 26.3 Å². The molecule has 2 atom stereocenters. The summed E-state index contributed by atoms with van der Waals surface area (Å²) in [6.07, 6.45) is 2.43. The maximum absolute atomic E-state index is 11.9. The predicted molar refractivity (Wildman–Crippen MR) is 87.0 cm³/mol. The minimum atomic E-state index is -0.307. The highest BCUT2D eigenvalue weighted by molar-refractivity contribution is 5.92. The Labute approximate surface area is 128 Å². The average Bonchev–Trinajstić information content (AvgIpc) is 2.45. The number of carbonyl (C=O) groups is 1. The molecular formula is C19H28O2. The largest absolute Gasteiger partial charge is 0.489 e. The molecule has 21 heavy (non-hydrogen) atoms. The van der Waals surface area contributed by atoms with Gasteiger partial charge in [0, 0.05) is 6.42 Å². The minimum absolute atomic E-state index is 0.0172. The Kier molecular flexibility index (Phi) is 4.19. The Bertz CT molecular complexity index is 539. The predicted octanol–water partition coefficient (Wildman–Crippen LogP) is 4.68. The van der Waals surface area contributed by atoms with Crippen LogP contribution in [0.3, 0.4) is 0 Å². The molecule has 0 bridgehead atoms. The molecule has 1 aromatic carbocycles. The van der Waals surface area contributed by atoms with E-state index in [1.165, 1.54) is 11.1 Å². The van der Waals surface area contributed by atoms with E-state index < -0.39 is 0 Å². The fourth-order valence-electron chi connectivity index (χ4n) is 2.91. The van der Waals surface area contributed by atoms with Crippen molar-refractivity contribution < 1.29 is 9.53 Å². The third-order valence-corrected chi connectivity index (χ3v) is 4.98. The van der Waals surface area contributed by atoms with Gasteiger partial charge in [-0.3, -0.25) is 4.79 Å². The number of aryl methyl sites for hydroxylation is 1. The summed E-state index contributed by atoms with van der Waals surface area (Å²) in [5.74, 6) is 1.27. The lowest BCUT2D eigenvalue weighted by Crippen LogP contribution is -2.54. The first kappa shape index (κ1) is 16.1. The van der Waals surface area contributed by atoms with E-state index in [4.69, 9.17) is 4.74 Å². The molecule has 2 rings (SSSR count). The Morgan fingerprint density at radius 3 is 2.43 bits per heavy atom. The highest BCUT2D eigenvalue weighted by Crippen LogP contribution is 2.44. The van der Waals surface area contributed by atoms with Gasteiger partial charge in [-0.2, -0.15) is 0 Å². The van der Waals surface area contributed by atoms with E-state index in [9.17, 15) is 4.79 Å². The van der Waals surface area contributed by atoms with Crippen LogP contribution in [0.4, 0.5) is 0 Å². The molecule has 0 N–H and O–H groups in total. The molecule has 0 saturated heterocycles. The minimum Gasteiger partial charge on any atom is -0.489 e. The van der Waals surface area contributed by atoms with Crippen molar-refractivity contribution >= 4 is 5.78 Å². The van der Waals surface area contributed by atoms with E-state index in [0.717, 1.165) is 18.6 Å². The van der Waals surface area contributed by atoms with Crippen molar-refractivity contribution in [2.24, 2.45) is 5.41 Å². The third-order valence-electron chi connectivity index (χ3n) is 4.98. The molecule has 2 heteroatoms. The maximum Gasteiger partial charge on any atom is 0.146 e. The van der Waals surface area contributed by atoms with Gasteiger partial charge in [-0.25, -0.2) is 0 Å². The Morgan fingerprint density at radius 1 is 1.29 bits per heavy atom. The van der Waals surface area contributed by atoms with Crippen LogP contribution in [0.5, 0.6) is 5.75 Å². The summed E-state index contributed by atoms with van der Waals surface area (Å²) in [6, 6.07) is 6.46. The van der Waals surface area contributed by atoms with Crippen LogP contribution in [-0.2, 0) is 16.6 Å². The smallest absolute Gasteiger partial charge is 0.146 e. The number of ether oxygens (including phenoxy) is 1. The first-order chi connectivity index (χ1) is 9.72. The van der Waals surface area contributed by atoms with Crippen molar-refractivity contribution in [3.05, 3.63) is 29.3 Å². The lowest BCUT2D eigenvalue weighted by molar-refractivity contribution is -0.150. The van der Waals surface area contributed by atoms with Gasteiger partial charge in [0.15, 0.2) is 0 Å². The van der Waals surface area contributed by atoms with Crippen molar-refractivity contribution in [2.75, 3.05) is 0 Å². The molecule has 2 unspecified atom stereocenters. The fraction of sp³-hybridized carbons (Fsp3) is 0.632. The van der Waals surface area contributed by atoms with E-state index in [1.54, 1.807) is 0 Å². The second-order valence-corrected chi connectivity index (χ2v) is 7.44. The number of benzene rings is 1. The summed E-state index contributed by atoms with van der Waals surface area (Å²) in [6.45, 7) is 12.9. The molecule has 0 amide bonds. The lowest BCUT2D eigenvalue weighted by atomic mass is 9.64. The van der Waals surface area contributed by atoms with Gasteiger partial charge < -0.3 is 4.74 Å². The molecule has 1 aliphatic rings. The van der Waals surface area contributed by atoms with Gasteiger partial charge in [0.05, 0.1) is 5.41 Å². The SMILES string of the molecule is CCc1ccc(OC2CC(=O)C2(C)CC)c(C(C)(C)C)c1. The van der Waals surface area contributed by atoms with E-state index in [1.807, 2.05) is 6.92 Å². The normalized spacial score (nSPS) is 25.6. The second kappa shape index (κ2) is 5.47. The number of Topliss-reactive ketones (excluding diaryl/α,β-unsaturated/α-hetero) is 1. The molecule has 1 saturated carbocycles. The Morgan fingerprint density at radius 2 is 1.95 bits per heavy atom.